The highest BCUT2D eigenvalue weighted by Crippen LogP contribution is 2.37. The Morgan fingerprint density at radius 1 is 1.35 bits per heavy atom. The highest BCUT2D eigenvalue weighted by molar-refractivity contribution is 5.60. The van der Waals surface area contributed by atoms with Crippen molar-refractivity contribution in [2.75, 3.05) is 11.1 Å². The number of nitro groups is 1. The highest BCUT2D eigenvalue weighted by atomic mass is 16.6. The van der Waals surface area contributed by atoms with Crippen molar-refractivity contribution in [3.8, 4) is 0 Å². The van der Waals surface area contributed by atoms with Crippen molar-refractivity contribution < 1.29 is 4.92 Å². The van der Waals surface area contributed by atoms with Crippen LogP contribution in [0.15, 0.2) is 0 Å². The van der Waals surface area contributed by atoms with E-state index in [1.807, 2.05) is 0 Å². The fourth-order valence-electron chi connectivity index (χ4n) is 2.64. The maximum atomic E-state index is 11.1. The molecule has 110 valence electrons. The highest BCUT2D eigenvalue weighted by Gasteiger charge is 2.29. The summed E-state index contributed by atoms with van der Waals surface area (Å²) in [7, 11) is 0. The summed E-state index contributed by atoms with van der Waals surface area (Å²) in [6, 6.07) is 0.204. The van der Waals surface area contributed by atoms with Gasteiger partial charge in [0.2, 0.25) is 11.8 Å². The van der Waals surface area contributed by atoms with E-state index in [2.05, 4.69) is 29.1 Å². The van der Waals surface area contributed by atoms with E-state index in [1.54, 1.807) is 6.92 Å². The molecule has 1 aromatic rings. The first-order valence-electron chi connectivity index (χ1n) is 6.83. The van der Waals surface area contributed by atoms with Crippen LogP contribution >= 0.6 is 0 Å². The van der Waals surface area contributed by atoms with Crippen LogP contribution in [-0.2, 0) is 0 Å². The molecule has 0 unspecified atom stereocenters. The fraction of sp³-hybridized carbons (Fsp3) is 0.692. The van der Waals surface area contributed by atoms with Crippen LogP contribution < -0.4 is 11.1 Å². The average Bonchev–Trinajstić information content (AvgIpc) is 2.30. The maximum Gasteiger partial charge on any atom is 0.332 e. The van der Waals surface area contributed by atoms with Crippen LogP contribution in [0.1, 0.15) is 45.2 Å². The second-order valence-corrected chi connectivity index (χ2v) is 6.20. The second kappa shape index (κ2) is 5.22. The van der Waals surface area contributed by atoms with Gasteiger partial charge in [0.15, 0.2) is 0 Å². The third-order valence-corrected chi connectivity index (χ3v) is 3.94. The molecule has 0 radical (unpaired) electrons. The first-order valence-corrected chi connectivity index (χ1v) is 6.83. The van der Waals surface area contributed by atoms with Crippen molar-refractivity contribution in [3.63, 3.8) is 0 Å². The molecule has 0 aliphatic heterocycles. The zero-order chi connectivity index (χ0) is 14.9. The monoisotopic (exact) mass is 279 g/mol. The molecular weight excluding hydrogens is 258 g/mol. The Morgan fingerprint density at radius 2 is 1.95 bits per heavy atom. The molecule has 7 heteroatoms. The summed E-state index contributed by atoms with van der Waals surface area (Å²) in [4.78, 5) is 18.5. The van der Waals surface area contributed by atoms with Crippen LogP contribution in [0, 0.1) is 22.5 Å². The molecule has 3 N–H and O–H groups in total. The summed E-state index contributed by atoms with van der Waals surface area (Å²) in [5.74, 6) is 0.302. The minimum Gasteiger partial charge on any atom is -0.368 e. The van der Waals surface area contributed by atoms with Crippen molar-refractivity contribution in [3.05, 3.63) is 15.8 Å². The first-order chi connectivity index (χ1) is 9.28. The molecule has 0 atom stereocenters. The van der Waals surface area contributed by atoms with Crippen LogP contribution in [0.25, 0.3) is 0 Å². The minimum atomic E-state index is -0.454. The lowest BCUT2D eigenvalue weighted by atomic mass is 9.75. The summed E-state index contributed by atoms with van der Waals surface area (Å²) in [5, 5.41) is 14.3. The van der Waals surface area contributed by atoms with Crippen molar-refractivity contribution in [2.24, 2.45) is 5.41 Å². The summed E-state index contributed by atoms with van der Waals surface area (Å²) >= 11 is 0. The summed E-state index contributed by atoms with van der Waals surface area (Å²) in [5.41, 5.74) is 6.16. The van der Waals surface area contributed by atoms with E-state index < -0.39 is 4.92 Å². The zero-order valence-electron chi connectivity index (χ0n) is 12.1. The molecule has 2 rings (SSSR count). The van der Waals surface area contributed by atoms with Crippen LogP contribution in [0.3, 0.4) is 0 Å². The normalized spacial score (nSPS) is 18.8. The molecule has 0 spiro atoms. The molecule has 7 nitrogen and oxygen atoms in total. The van der Waals surface area contributed by atoms with E-state index in [1.165, 1.54) is 0 Å². The topological polar surface area (TPSA) is 107 Å². The van der Waals surface area contributed by atoms with Gasteiger partial charge in [0, 0.05) is 6.04 Å². The molecule has 0 bridgehead atoms. The van der Waals surface area contributed by atoms with Crippen molar-refractivity contribution >= 4 is 17.5 Å². The molecule has 1 saturated carbocycles. The number of nitrogens with two attached hydrogens (primary N) is 1. The van der Waals surface area contributed by atoms with E-state index in [9.17, 15) is 10.1 Å². The van der Waals surface area contributed by atoms with Gasteiger partial charge in [0.25, 0.3) is 0 Å². The third kappa shape index (κ3) is 3.15. The number of nitrogen functional groups attached to an aromatic ring is 1. The Morgan fingerprint density at radius 3 is 2.50 bits per heavy atom. The quantitative estimate of drug-likeness (QED) is 0.650. The number of rotatable bonds is 3. The van der Waals surface area contributed by atoms with E-state index in [0.717, 1.165) is 25.7 Å². The summed E-state index contributed by atoms with van der Waals surface area (Å²) in [6.45, 7) is 6.07. The predicted octanol–water partition coefficient (Wildman–Crippen LogP) is 2.66. The van der Waals surface area contributed by atoms with Gasteiger partial charge in [0.1, 0.15) is 5.69 Å². The maximum absolute atomic E-state index is 11.1. The molecule has 0 aromatic carbocycles. The number of aromatic nitrogens is 2. The number of hydrogen-bond donors (Lipinski definition) is 2. The Bertz CT molecular complexity index is 520. The van der Waals surface area contributed by atoms with Gasteiger partial charge in [-0.15, -0.1) is 0 Å². The lowest BCUT2D eigenvalue weighted by Crippen LogP contribution is -2.30. The third-order valence-electron chi connectivity index (χ3n) is 3.94. The van der Waals surface area contributed by atoms with Crippen LogP contribution in [0.4, 0.5) is 17.5 Å². The summed E-state index contributed by atoms with van der Waals surface area (Å²) in [6.07, 6.45) is 4.15. The number of nitrogens with zero attached hydrogens (tertiary/aromatic N) is 3. The molecule has 20 heavy (non-hydrogen) atoms. The standard InChI is InChI=1S/C13H21N5O2/c1-8-10(18(19)20)11(17-12(14)15-8)16-9-4-6-13(2,3)7-5-9/h9H,4-7H2,1-3H3,(H3,14,15,16,17). The van der Waals surface area contributed by atoms with Crippen molar-refractivity contribution in [1.29, 1.82) is 0 Å². The molecule has 1 aliphatic rings. The van der Waals surface area contributed by atoms with E-state index >= 15 is 0 Å². The van der Waals surface area contributed by atoms with Gasteiger partial charge in [-0.2, -0.15) is 4.98 Å². The first kappa shape index (κ1) is 14.5. The zero-order valence-corrected chi connectivity index (χ0v) is 12.1. The van der Waals surface area contributed by atoms with Gasteiger partial charge in [-0.1, -0.05) is 13.8 Å². The van der Waals surface area contributed by atoms with Crippen molar-refractivity contribution in [1.82, 2.24) is 9.97 Å². The van der Waals surface area contributed by atoms with Gasteiger partial charge in [-0.3, -0.25) is 10.1 Å². The summed E-state index contributed by atoms with van der Waals surface area (Å²) < 4.78 is 0. The fourth-order valence-corrected chi connectivity index (χ4v) is 2.64. The molecule has 0 saturated heterocycles. The molecule has 1 aromatic heterocycles. The van der Waals surface area contributed by atoms with Crippen LogP contribution in [0.2, 0.25) is 0 Å². The number of nitrogens with one attached hydrogen (secondary N) is 1. The molecule has 0 amide bonds. The van der Waals surface area contributed by atoms with Gasteiger partial charge in [-0.25, -0.2) is 4.98 Å². The minimum absolute atomic E-state index is 0.0618. The van der Waals surface area contributed by atoms with Crippen molar-refractivity contribution in [2.45, 2.75) is 52.5 Å². The predicted molar refractivity (Wildman–Crippen MR) is 77.5 cm³/mol. The molecule has 1 aliphatic carbocycles. The van der Waals surface area contributed by atoms with Crippen LogP contribution in [0.5, 0.6) is 0 Å². The second-order valence-electron chi connectivity index (χ2n) is 6.20. The number of hydrogen-bond acceptors (Lipinski definition) is 6. The SMILES string of the molecule is Cc1nc(N)nc(NC2CCC(C)(C)CC2)c1[N+](=O)[O-]. The lowest BCUT2D eigenvalue weighted by Gasteiger charge is -2.34. The van der Waals surface area contributed by atoms with E-state index in [4.69, 9.17) is 5.73 Å². The van der Waals surface area contributed by atoms with Gasteiger partial charge in [-0.05, 0) is 38.0 Å². The number of aryl methyl sites for hydroxylation is 1. The van der Waals surface area contributed by atoms with Gasteiger partial charge < -0.3 is 11.1 Å². The molecule has 1 heterocycles. The Hall–Kier alpha value is -1.92. The largest absolute Gasteiger partial charge is 0.368 e. The Balaban J connectivity index is 2.19. The molecule has 1 fully saturated rings. The smallest absolute Gasteiger partial charge is 0.332 e. The number of anilines is 2. The van der Waals surface area contributed by atoms with E-state index in [-0.39, 0.29) is 23.5 Å². The Kier molecular flexibility index (Phi) is 3.78. The molecular formula is C13H21N5O2. The average molecular weight is 279 g/mol. The van der Waals surface area contributed by atoms with Gasteiger partial charge in [0.05, 0.1) is 4.92 Å². The van der Waals surface area contributed by atoms with Crippen LogP contribution in [-0.4, -0.2) is 20.9 Å². The Labute approximate surface area is 118 Å². The lowest BCUT2D eigenvalue weighted by molar-refractivity contribution is -0.385. The van der Waals surface area contributed by atoms with Gasteiger partial charge >= 0.3 is 5.69 Å². The van der Waals surface area contributed by atoms with E-state index in [0.29, 0.717) is 11.1 Å².